The van der Waals surface area contributed by atoms with Crippen molar-refractivity contribution in [3.8, 4) is 5.75 Å². The van der Waals surface area contributed by atoms with Gasteiger partial charge in [-0.1, -0.05) is 39.8 Å². The summed E-state index contributed by atoms with van der Waals surface area (Å²) in [5.74, 6) is 1.47. The van der Waals surface area contributed by atoms with Crippen molar-refractivity contribution in [3.05, 3.63) is 29.8 Å². The molecule has 0 radical (unpaired) electrons. The van der Waals surface area contributed by atoms with Gasteiger partial charge in [0.15, 0.2) is 0 Å². The second-order valence-electron chi connectivity index (χ2n) is 6.69. The third kappa shape index (κ3) is 6.49. The lowest BCUT2D eigenvalue weighted by Crippen LogP contribution is -2.49. The molecule has 3 nitrogen and oxygen atoms in total. The first-order chi connectivity index (χ1) is 9.86. The quantitative estimate of drug-likeness (QED) is 0.682. The topological polar surface area (TPSA) is 41.5 Å². The van der Waals surface area contributed by atoms with Gasteiger partial charge < -0.3 is 15.2 Å². The Morgan fingerprint density at radius 2 is 1.76 bits per heavy atom. The largest absolute Gasteiger partial charge is 0.494 e. The van der Waals surface area contributed by atoms with Crippen molar-refractivity contribution in [2.75, 3.05) is 13.2 Å². The minimum atomic E-state index is -0.223. The predicted molar refractivity (Wildman–Crippen MR) is 89.0 cm³/mol. The molecule has 1 aromatic carbocycles. The Balaban J connectivity index is 2.36. The molecule has 1 rings (SSSR count). The van der Waals surface area contributed by atoms with E-state index >= 15 is 0 Å². The van der Waals surface area contributed by atoms with E-state index in [1.807, 2.05) is 12.1 Å². The summed E-state index contributed by atoms with van der Waals surface area (Å²) >= 11 is 0. The Morgan fingerprint density at radius 3 is 2.24 bits per heavy atom. The molecule has 0 spiro atoms. The molecule has 1 atom stereocenters. The average molecular weight is 293 g/mol. The number of benzene rings is 1. The number of hydrogen-bond donors (Lipinski definition) is 2. The summed E-state index contributed by atoms with van der Waals surface area (Å²) in [5, 5.41) is 12.9. The van der Waals surface area contributed by atoms with Crippen LogP contribution in [0.1, 0.15) is 58.9 Å². The first-order valence-corrected chi connectivity index (χ1v) is 7.97. The maximum absolute atomic E-state index is 9.53. The molecule has 120 valence electrons. The van der Waals surface area contributed by atoms with Gasteiger partial charge in [-0.05, 0) is 43.4 Å². The van der Waals surface area contributed by atoms with E-state index in [1.54, 1.807) is 0 Å². The molecular weight excluding hydrogens is 262 g/mol. The van der Waals surface area contributed by atoms with Crippen molar-refractivity contribution < 1.29 is 9.84 Å². The van der Waals surface area contributed by atoms with Crippen LogP contribution in [0.4, 0.5) is 0 Å². The van der Waals surface area contributed by atoms with Crippen molar-refractivity contribution >= 4 is 0 Å². The van der Waals surface area contributed by atoms with Gasteiger partial charge in [0.2, 0.25) is 0 Å². The highest BCUT2D eigenvalue weighted by atomic mass is 16.5. The lowest BCUT2D eigenvalue weighted by atomic mass is 9.96. The Bertz CT molecular complexity index is 400. The number of ether oxygens (including phenoxy) is 1. The van der Waals surface area contributed by atoms with Crippen LogP contribution >= 0.6 is 0 Å². The van der Waals surface area contributed by atoms with Crippen LogP contribution in [0, 0.1) is 0 Å². The maximum atomic E-state index is 9.53. The van der Waals surface area contributed by atoms with Crippen LogP contribution in [0.25, 0.3) is 0 Å². The molecule has 0 saturated heterocycles. The Hall–Kier alpha value is -1.06. The monoisotopic (exact) mass is 293 g/mol. The fourth-order valence-electron chi connectivity index (χ4n) is 2.50. The third-order valence-corrected chi connectivity index (χ3v) is 3.67. The number of aliphatic hydroxyl groups excluding tert-OH is 1. The minimum Gasteiger partial charge on any atom is -0.494 e. The van der Waals surface area contributed by atoms with Gasteiger partial charge >= 0.3 is 0 Å². The second kappa shape index (κ2) is 8.40. The summed E-state index contributed by atoms with van der Waals surface area (Å²) in [7, 11) is 0. The highest BCUT2D eigenvalue weighted by Crippen LogP contribution is 2.19. The Morgan fingerprint density at radius 1 is 1.14 bits per heavy atom. The zero-order chi connectivity index (χ0) is 15.9. The fraction of sp³-hybridized carbons (Fsp3) is 0.667. The number of rotatable bonds is 9. The van der Waals surface area contributed by atoms with E-state index in [4.69, 9.17) is 4.74 Å². The molecule has 0 bridgehead atoms. The molecule has 0 aliphatic carbocycles. The number of hydrogen-bond acceptors (Lipinski definition) is 3. The standard InChI is InChI=1S/C18H31NO2/c1-14(2)16-7-9-17(10-8-16)21-12-6-11-18(5,13-20)19-15(3)4/h7-10,14-15,19-20H,6,11-13H2,1-5H3. The summed E-state index contributed by atoms with van der Waals surface area (Å²) in [6, 6.07) is 8.68. The van der Waals surface area contributed by atoms with E-state index < -0.39 is 0 Å². The summed E-state index contributed by atoms with van der Waals surface area (Å²) < 4.78 is 5.78. The molecule has 0 fully saturated rings. The number of nitrogens with one attached hydrogen (secondary N) is 1. The van der Waals surface area contributed by atoms with Gasteiger partial charge in [0.25, 0.3) is 0 Å². The summed E-state index contributed by atoms with van der Waals surface area (Å²) in [5.41, 5.74) is 1.11. The van der Waals surface area contributed by atoms with Gasteiger partial charge in [0, 0.05) is 11.6 Å². The maximum Gasteiger partial charge on any atom is 0.119 e. The molecule has 0 aliphatic heterocycles. The first-order valence-electron chi connectivity index (χ1n) is 7.97. The second-order valence-corrected chi connectivity index (χ2v) is 6.69. The molecule has 0 amide bonds. The third-order valence-electron chi connectivity index (χ3n) is 3.67. The van der Waals surface area contributed by atoms with Crippen molar-refractivity contribution in [1.29, 1.82) is 0 Å². The van der Waals surface area contributed by atoms with Gasteiger partial charge in [-0.15, -0.1) is 0 Å². The van der Waals surface area contributed by atoms with Gasteiger partial charge in [-0.2, -0.15) is 0 Å². The molecule has 1 aromatic rings. The zero-order valence-electron chi connectivity index (χ0n) is 14.1. The summed E-state index contributed by atoms with van der Waals surface area (Å²) in [6.45, 7) is 11.5. The smallest absolute Gasteiger partial charge is 0.119 e. The highest BCUT2D eigenvalue weighted by Gasteiger charge is 2.23. The SMILES string of the molecule is CC(C)NC(C)(CO)CCCOc1ccc(C(C)C)cc1. The van der Waals surface area contributed by atoms with Gasteiger partial charge in [-0.3, -0.25) is 0 Å². The van der Waals surface area contributed by atoms with Crippen LogP contribution in [0.2, 0.25) is 0 Å². The molecule has 21 heavy (non-hydrogen) atoms. The molecule has 0 heterocycles. The van der Waals surface area contributed by atoms with E-state index in [-0.39, 0.29) is 12.1 Å². The van der Waals surface area contributed by atoms with Crippen LogP contribution in [0.5, 0.6) is 5.75 Å². The molecule has 0 saturated carbocycles. The van der Waals surface area contributed by atoms with Crippen molar-refractivity contribution in [2.24, 2.45) is 0 Å². The van der Waals surface area contributed by atoms with Gasteiger partial charge in [-0.25, -0.2) is 0 Å². The van der Waals surface area contributed by atoms with Crippen LogP contribution in [-0.4, -0.2) is 29.9 Å². The normalized spacial score (nSPS) is 14.5. The predicted octanol–water partition coefficient (Wildman–Crippen LogP) is 3.72. The van der Waals surface area contributed by atoms with Crippen molar-refractivity contribution in [1.82, 2.24) is 5.32 Å². The summed E-state index contributed by atoms with van der Waals surface area (Å²) in [4.78, 5) is 0. The van der Waals surface area contributed by atoms with Crippen LogP contribution in [0.15, 0.2) is 24.3 Å². The first kappa shape index (κ1) is 18.0. The molecule has 0 aliphatic rings. The Kier molecular flexibility index (Phi) is 7.20. The van der Waals surface area contributed by atoms with Gasteiger partial charge in [0.05, 0.1) is 13.2 Å². The molecule has 2 N–H and O–H groups in total. The van der Waals surface area contributed by atoms with E-state index in [0.717, 1.165) is 18.6 Å². The van der Waals surface area contributed by atoms with Crippen LogP contribution in [0.3, 0.4) is 0 Å². The fourth-order valence-corrected chi connectivity index (χ4v) is 2.50. The lowest BCUT2D eigenvalue weighted by Gasteiger charge is -2.31. The minimum absolute atomic E-state index is 0.147. The highest BCUT2D eigenvalue weighted by molar-refractivity contribution is 5.28. The van der Waals surface area contributed by atoms with E-state index in [0.29, 0.717) is 18.6 Å². The van der Waals surface area contributed by atoms with Gasteiger partial charge in [0.1, 0.15) is 5.75 Å². The van der Waals surface area contributed by atoms with E-state index in [9.17, 15) is 5.11 Å². The van der Waals surface area contributed by atoms with E-state index in [2.05, 4.69) is 52.1 Å². The molecular formula is C18H31NO2. The van der Waals surface area contributed by atoms with Crippen LogP contribution in [-0.2, 0) is 0 Å². The van der Waals surface area contributed by atoms with Crippen molar-refractivity contribution in [2.45, 2.75) is 65.0 Å². The van der Waals surface area contributed by atoms with Crippen molar-refractivity contribution in [3.63, 3.8) is 0 Å². The Labute approximate surface area is 129 Å². The van der Waals surface area contributed by atoms with Crippen LogP contribution < -0.4 is 10.1 Å². The zero-order valence-corrected chi connectivity index (χ0v) is 14.1. The number of aliphatic hydroxyl groups is 1. The molecule has 1 unspecified atom stereocenters. The molecule has 3 heteroatoms. The molecule has 0 aromatic heterocycles. The summed E-state index contributed by atoms with van der Waals surface area (Å²) in [6.07, 6.45) is 1.81. The lowest BCUT2D eigenvalue weighted by molar-refractivity contribution is 0.147. The van der Waals surface area contributed by atoms with E-state index in [1.165, 1.54) is 5.56 Å². The average Bonchev–Trinajstić information content (AvgIpc) is 2.43.